The second-order valence-electron chi connectivity index (χ2n) is 5.45. The van der Waals surface area contributed by atoms with Gasteiger partial charge in [0.05, 0.1) is 23.7 Å². The summed E-state index contributed by atoms with van der Waals surface area (Å²) >= 11 is 5.64. The van der Waals surface area contributed by atoms with Gasteiger partial charge in [0.2, 0.25) is 0 Å². The third-order valence-electron chi connectivity index (χ3n) is 3.29. The summed E-state index contributed by atoms with van der Waals surface area (Å²) in [4.78, 5) is 31.9. The second kappa shape index (κ2) is 8.29. The lowest BCUT2D eigenvalue weighted by atomic mass is 9.80. The highest BCUT2D eigenvalue weighted by Gasteiger charge is 2.36. The number of carboxylic acid groups (broad SMARTS) is 3. The molecule has 0 fully saturated rings. The summed E-state index contributed by atoms with van der Waals surface area (Å²) in [6.07, 6.45) is 7.00. The van der Waals surface area contributed by atoms with E-state index >= 15 is 0 Å². The van der Waals surface area contributed by atoms with Crippen molar-refractivity contribution in [2.75, 3.05) is 0 Å². The fourth-order valence-electron chi connectivity index (χ4n) is 1.99. The first-order chi connectivity index (χ1) is 11.6. The van der Waals surface area contributed by atoms with Crippen molar-refractivity contribution >= 4 is 29.5 Å². The van der Waals surface area contributed by atoms with E-state index in [0.717, 1.165) is 0 Å². The molecule has 1 aromatic heterocycles. The van der Waals surface area contributed by atoms with E-state index in [1.54, 1.807) is 6.08 Å². The van der Waals surface area contributed by atoms with E-state index in [1.165, 1.54) is 36.2 Å². The molecule has 2 rings (SSSR count). The van der Waals surface area contributed by atoms with Crippen molar-refractivity contribution in [2.24, 2.45) is 5.41 Å². The summed E-state index contributed by atoms with van der Waals surface area (Å²) in [7, 11) is 0. The van der Waals surface area contributed by atoms with E-state index in [1.807, 2.05) is 0 Å². The Labute approximate surface area is 148 Å². The number of allylic oxidation sites excluding steroid dienone is 3. The predicted octanol–water partition coefficient (Wildman–Crippen LogP) is 2.38. The van der Waals surface area contributed by atoms with Crippen molar-refractivity contribution in [3.8, 4) is 0 Å². The zero-order chi connectivity index (χ0) is 19.2. The number of carbonyl (C=O) groups is 3. The fourth-order valence-corrected chi connectivity index (χ4v) is 2.36. The minimum atomic E-state index is -1.22. The molecule has 0 spiro atoms. The molecule has 0 amide bonds. The summed E-state index contributed by atoms with van der Waals surface area (Å²) in [5.41, 5.74) is -1.01. The Morgan fingerprint density at radius 2 is 2.00 bits per heavy atom. The number of halogens is 1. The molecule has 1 aromatic rings. The van der Waals surface area contributed by atoms with Crippen LogP contribution < -0.4 is 0 Å². The topological polar surface area (TPSA) is 130 Å². The van der Waals surface area contributed by atoms with Crippen LogP contribution in [-0.2, 0) is 16.1 Å². The lowest BCUT2D eigenvalue weighted by molar-refractivity contribution is -0.145. The molecule has 9 heteroatoms. The average molecular weight is 369 g/mol. The summed E-state index contributed by atoms with van der Waals surface area (Å²) in [5.74, 6) is -3.17. The van der Waals surface area contributed by atoms with Gasteiger partial charge in [0.15, 0.2) is 0 Å². The number of aliphatic carboxylic acids is 2. The van der Waals surface area contributed by atoms with Gasteiger partial charge in [0, 0.05) is 16.8 Å². The fraction of sp³-hybridized carbons (Fsp3) is 0.250. The number of carboxylic acids is 3. The highest BCUT2D eigenvalue weighted by Crippen LogP contribution is 2.35. The maximum atomic E-state index is 10.9. The normalized spacial score (nSPS) is 19.0. The van der Waals surface area contributed by atoms with Crippen molar-refractivity contribution < 1.29 is 29.7 Å². The number of nitrogens with zero attached hydrogens (tertiary/aromatic N) is 2. The van der Waals surface area contributed by atoms with Crippen LogP contribution >= 0.6 is 11.6 Å². The monoisotopic (exact) mass is 368 g/mol. The summed E-state index contributed by atoms with van der Waals surface area (Å²) in [6, 6.07) is 0. The third-order valence-corrected chi connectivity index (χ3v) is 3.50. The number of rotatable bonds is 5. The molecular weight excluding hydrogens is 352 g/mol. The molecule has 1 aliphatic rings. The first kappa shape index (κ1) is 20.2. The number of hydrogen-bond acceptors (Lipinski definition) is 4. The van der Waals surface area contributed by atoms with Gasteiger partial charge >= 0.3 is 17.9 Å². The summed E-state index contributed by atoms with van der Waals surface area (Å²) in [5, 5.41) is 30.0. The zero-order valence-electron chi connectivity index (χ0n) is 13.3. The van der Waals surface area contributed by atoms with Crippen LogP contribution in [0.4, 0.5) is 0 Å². The lowest BCUT2D eigenvalue weighted by Crippen LogP contribution is -2.29. The molecule has 134 valence electrons. The molecule has 0 aliphatic heterocycles. The minimum Gasteiger partial charge on any atom is -0.481 e. The van der Waals surface area contributed by atoms with Gasteiger partial charge in [0.25, 0.3) is 0 Å². The Hall–Kier alpha value is -2.87. The Morgan fingerprint density at radius 3 is 2.44 bits per heavy atom. The molecule has 1 unspecified atom stereocenters. The highest BCUT2D eigenvalue weighted by molar-refractivity contribution is 6.31. The van der Waals surface area contributed by atoms with Gasteiger partial charge in [-0.05, 0) is 25.5 Å². The maximum Gasteiger partial charge on any atom is 0.338 e. The van der Waals surface area contributed by atoms with Crippen molar-refractivity contribution in [3.05, 3.63) is 53.4 Å². The quantitative estimate of drug-likeness (QED) is 0.680. The van der Waals surface area contributed by atoms with E-state index in [-0.39, 0.29) is 22.6 Å². The van der Waals surface area contributed by atoms with Crippen molar-refractivity contribution in [1.82, 2.24) is 9.78 Å². The van der Waals surface area contributed by atoms with Gasteiger partial charge < -0.3 is 15.3 Å². The first-order valence-corrected chi connectivity index (χ1v) is 7.39. The molecule has 25 heavy (non-hydrogen) atoms. The van der Waals surface area contributed by atoms with Crippen molar-refractivity contribution in [3.63, 3.8) is 0 Å². The summed E-state index contributed by atoms with van der Waals surface area (Å²) in [6.45, 7) is 5.47. The Bertz CT molecular complexity index is 764. The molecule has 1 heterocycles. The highest BCUT2D eigenvalue weighted by atomic mass is 35.5. The smallest absolute Gasteiger partial charge is 0.338 e. The van der Waals surface area contributed by atoms with Gasteiger partial charge in [-0.3, -0.25) is 9.48 Å². The third kappa shape index (κ3) is 5.61. The second-order valence-corrected chi connectivity index (χ2v) is 5.88. The van der Waals surface area contributed by atoms with Crippen LogP contribution in [0.25, 0.3) is 0 Å². The molecule has 0 radical (unpaired) electrons. The predicted molar refractivity (Wildman–Crippen MR) is 89.4 cm³/mol. The lowest BCUT2D eigenvalue weighted by Gasteiger charge is -2.24. The van der Waals surface area contributed by atoms with Crippen LogP contribution in [0.15, 0.2) is 47.8 Å². The first-order valence-electron chi connectivity index (χ1n) is 7.01. The molecule has 0 saturated heterocycles. The van der Waals surface area contributed by atoms with E-state index in [0.29, 0.717) is 6.54 Å². The van der Waals surface area contributed by atoms with E-state index in [2.05, 4.69) is 11.7 Å². The van der Waals surface area contributed by atoms with Gasteiger partial charge in [-0.2, -0.15) is 5.10 Å². The van der Waals surface area contributed by atoms with E-state index < -0.39 is 23.3 Å². The largest absolute Gasteiger partial charge is 0.481 e. The standard InChI is InChI=1S/C9H9ClO4.C7H8N2O2/c1-9(8(13)14)3-5(7(11)12)2-6(10)4-9;1-2-3-9-5-6(4-8-9)7(10)11/h2,4H,3H2,1H3,(H,11,12)(H,13,14);2,4-5H,1,3H2,(H,10,11). The van der Waals surface area contributed by atoms with E-state index in [4.69, 9.17) is 26.9 Å². The average Bonchev–Trinajstić information content (AvgIpc) is 2.96. The van der Waals surface area contributed by atoms with Crippen LogP contribution in [-0.4, -0.2) is 43.0 Å². The van der Waals surface area contributed by atoms with Gasteiger partial charge in [-0.25, -0.2) is 9.59 Å². The number of aromatic carboxylic acids is 1. The summed E-state index contributed by atoms with van der Waals surface area (Å²) < 4.78 is 1.51. The van der Waals surface area contributed by atoms with Crippen LogP contribution in [0, 0.1) is 5.41 Å². The van der Waals surface area contributed by atoms with Crippen LogP contribution in [0.3, 0.4) is 0 Å². The van der Waals surface area contributed by atoms with Crippen LogP contribution in [0.1, 0.15) is 23.7 Å². The van der Waals surface area contributed by atoms with E-state index in [9.17, 15) is 14.4 Å². The molecular formula is C16H17ClN2O6. The molecule has 1 atom stereocenters. The van der Waals surface area contributed by atoms with Gasteiger partial charge in [-0.1, -0.05) is 17.7 Å². The van der Waals surface area contributed by atoms with Crippen molar-refractivity contribution in [2.45, 2.75) is 19.9 Å². The van der Waals surface area contributed by atoms with Gasteiger partial charge in [0.1, 0.15) is 0 Å². The SMILES string of the molecule is C=CCn1cc(C(=O)O)cn1.CC1(C(=O)O)C=C(Cl)C=C(C(=O)O)C1. The molecule has 8 nitrogen and oxygen atoms in total. The Kier molecular flexibility index (Phi) is 6.69. The molecule has 1 aliphatic carbocycles. The Morgan fingerprint density at radius 1 is 1.36 bits per heavy atom. The number of hydrogen-bond donors (Lipinski definition) is 3. The maximum absolute atomic E-state index is 10.9. The minimum absolute atomic E-state index is 0.0161. The van der Waals surface area contributed by atoms with Crippen LogP contribution in [0.5, 0.6) is 0 Å². The zero-order valence-corrected chi connectivity index (χ0v) is 14.1. The number of aromatic nitrogens is 2. The molecule has 0 saturated carbocycles. The Balaban J connectivity index is 0.000000257. The molecule has 3 N–H and O–H groups in total. The van der Waals surface area contributed by atoms with Crippen molar-refractivity contribution in [1.29, 1.82) is 0 Å². The van der Waals surface area contributed by atoms with Gasteiger partial charge in [-0.15, -0.1) is 6.58 Å². The molecule has 0 bridgehead atoms. The molecule has 0 aromatic carbocycles. The van der Waals surface area contributed by atoms with Crippen LogP contribution in [0.2, 0.25) is 0 Å².